The number of ether oxygens (including phenoxy) is 1. The molecule has 0 N–H and O–H groups in total. The minimum atomic E-state index is -0.312. The molecular formula is C14H19ClFNO2. The molecule has 1 saturated heterocycles. The molecule has 0 radical (unpaired) electrons. The first-order chi connectivity index (χ1) is 8.66. The zero-order chi connectivity index (χ0) is 13.0. The van der Waals surface area contributed by atoms with Crippen molar-refractivity contribution in [2.24, 2.45) is 0 Å². The van der Waals surface area contributed by atoms with Gasteiger partial charge >= 0.3 is 0 Å². The molecule has 106 valence electrons. The Hall–Kier alpha value is -0.970. The van der Waals surface area contributed by atoms with Crippen LogP contribution in [-0.2, 0) is 4.74 Å². The average Bonchev–Trinajstić information content (AvgIpc) is 2.40. The summed E-state index contributed by atoms with van der Waals surface area (Å²) in [6.07, 6.45) is 0.464. The molecule has 1 heterocycles. The molecule has 0 aromatic heterocycles. The lowest BCUT2D eigenvalue weighted by Gasteiger charge is -2.31. The van der Waals surface area contributed by atoms with Crippen LogP contribution in [0.2, 0.25) is 0 Å². The number of halogens is 2. The second-order valence-corrected chi connectivity index (χ2v) is 4.63. The van der Waals surface area contributed by atoms with Crippen molar-refractivity contribution in [2.45, 2.75) is 19.4 Å². The number of Topliss-reactive ketones (excluding diaryl/α,β-unsaturated/α-hetero) is 1. The van der Waals surface area contributed by atoms with Gasteiger partial charge in [0.2, 0.25) is 0 Å². The molecule has 0 bridgehead atoms. The second kappa shape index (κ2) is 7.58. The number of nitrogens with zero attached hydrogens (tertiary/aromatic N) is 1. The van der Waals surface area contributed by atoms with Gasteiger partial charge in [0.1, 0.15) is 5.82 Å². The third-order valence-corrected chi connectivity index (χ3v) is 3.32. The van der Waals surface area contributed by atoms with Crippen LogP contribution in [0.1, 0.15) is 23.7 Å². The van der Waals surface area contributed by atoms with Gasteiger partial charge in [0.05, 0.1) is 13.2 Å². The van der Waals surface area contributed by atoms with Crippen molar-refractivity contribution in [1.29, 1.82) is 0 Å². The van der Waals surface area contributed by atoms with Crippen LogP contribution in [0.25, 0.3) is 0 Å². The summed E-state index contributed by atoms with van der Waals surface area (Å²) in [4.78, 5) is 14.3. The van der Waals surface area contributed by atoms with Gasteiger partial charge in [-0.2, -0.15) is 0 Å². The van der Waals surface area contributed by atoms with Crippen LogP contribution < -0.4 is 0 Å². The summed E-state index contributed by atoms with van der Waals surface area (Å²) in [6, 6.07) is 5.94. The van der Waals surface area contributed by atoms with E-state index in [9.17, 15) is 9.18 Å². The largest absolute Gasteiger partial charge is 0.379 e. The number of carbonyl (C=O) groups is 1. The number of morpholine rings is 1. The summed E-state index contributed by atoms with van der Waals surface area (Å²) in [5, 5.41) is 0. The zero-order valence-corrected chi connectivity index (χ0v) is 11.8. The first-order valence-electron chi connectivity index (χ1n) is 6.27. The van der Waals surface area contributed by atoms with E-state index in [0.717, 1.165) is 26.3 Å². The molecule has 19 heavy (non-hydrogen) atoms. The van der Waals surface area contributed by atoms with Gasteiger partial charge in [-0.15, -0.1) is 12.4 Å². The van der Waals surface area contributed by atoms with E-state index in [-0.39, 0.29) is 30.0 Å². The highest BCUT2D eigenvalue weighted by atomic mass is 35.5. The fourth-order valence-corrected chi connectivity index (χ4v) is 2.17. The molecular weight excluding hydrogens is 269 g/mol. The Morgan fingerprint density at radius 1 is 1.32 bits per heavy atom. The molecule has 1 atom stereocenters. The van der Waals surface area contributed by atoms with Crippen LogP contribution in [-0.4, -0.2) is 43.0 Å². The minimum Gasteiger partial charge on any atom is -0.379 e. The van der Waals surface area contributed by atoms with Crippen molar-refractivity contribution >= 4 is 18.2 Å². The van der Waals surface area contributed by atoms with E-state index in [1.165, 1.54) is 12.1 Å². The lowest BCUT2D eigenvalue weighted by atomic mass is 10.0. The van der Waals surface area contributed by atoms with E-state index >= 15 is 0 Å². The Morgan fingerprint density at radius 2 is 1.89 bits per heavy atom. The molecule has 0 saturated carbocycles. The fourth-order valence-electron chi connectivity index (χ4n) is 2.17. The van der Waals surface area contributed by atoms with Gasteiger partial charge in [-0.05, 0) is 31.2 Å². The molecule has 1 aromatic carbocycles. The van der Waals surface area contributed by atoms with E-state index in [0.29, 0.717) is 12.0 Å². The van der Waals surface area contributed by atoms with Gasteiger partial charge in [-0.3, -0.25) is 9.69 Å². The number of ketones is 1. The zero-order valence-electron chi connectivity index (χ0n) is 11.0. The van der Waals surface area contributed by atoms with Gasteiger partial charge < -0.3 is 4.74 Å². The highest BCUT2D eigenvalue weighted by molar-refractivity contribution is 5.96. The van der Waals surface area contributed by atoms with E-state index in [4.69, 9.17) is 4.74 Å². The predicted octanol–water partition coefficient (Wildman–Crippen LogP) is 2.54. The molecule has 0 aliphatic carbocycles. The van der Waals surface area contributed by atoms with Crippen LogP contribution in [0.5, 0.6) is 0 Å². The van der Waals surface area contributed by atoms with Crippen molar-refractivity contribution in [3.8, 4) is 0 Å². The molecule has 1 aliphatic rings. The lowest BCUT2D eigenvalue weighted by Crippen LogP contribution is -2.42. The number of carbonyl (C=O) groups excluding carboxylic acids is 1. The van der Waals surface area contributed by atoms with E-state index in [2.05, 4.69) is 4.90 Å². The van der Waals surface area contributed by atoms with Gasteiger partial charge in [0, 0.05) is 31.1 Å². The molecule has 0 amide bonds. The average molecular weight is 288 g/mol. The molecule has 0 spiro atoms. The Bertz CT molecular complexity index is 404. The Labute approximate surface area is 119 Å². The Balaban J connectivity index is 0.00000180. The maximum Gasteiger partial charge on any atom is 0.164 e. The first kappa shape index (κ1) is 16.1. The molecule has 1 unspecified atom stereocenters. The SMILES string of the molecule is CC(CC(=O)c1ccc(F)cc1)N1CCOCC1.Cl. The number of rotatable bonds is 4. The second-order valence-electron chi connectivity index (χ2n) is 4.63. The van der Waals surface area contributed by atoms with Crippen LogP contribution in [0.15, 0.2) is 24.3 Å². The normalized spacial score (nSPS) is 17.6. The number of hydrogen-bond acceptors (Lipinski definition) is 3. The summed E-state index contributed by atoms with van der Waals surface area (Å²) in [5.74, 6) is -0.248. The van der Waals surface area contributed by atoms with Crippen molar-refractivity contribution in [3.05, 3.63) is 35.6 Å². The molecule has 1 fully saturated rings. The van der Waals surface area contributed by atoms with Gasteiger partial charge in [-0.25, -0.2) is 4.39 Å². The van der Waals surface area contributed by atoms with Gasteiger partial charge in [0.15, 0.2) is 5.78 Å². The van der Waals surface area contributed by atoms with Gasteiger partial charge in [0.25, 0.3) is 0 Å². The Kier molecular flexibility index (Phi) is 6.42. The number of hydrogen-bond donors (Lipinski definition) is 0. The van der Waals surface area contributed by atoms with Gasteiger partial charge in [-0.1, -0.05) is 0 Å². The smallest absolute Gasteiger partial charge is 0.164 e. The van der Waals surface area contributed by atoms with Crippen LogP contribution in [0.4, 0.5) is 4.39 Å². The summed E-state index contributed by atoms with van der Waals surface area (Å²) < 4.78 is 18.1. The van der Waals surface area contributed by atoms with E-state index < -0.39 is 0 Å². The van der Waals surface area contributed by atoms with E-state index in [1.54, 1.807) is 12.1 Å². The standard InChI is InChI=1S/C14H18FNO2.ClH/c1-11(16-6-8-18-9-7-16)10-14(17)12-2-4-13(15)5-3-12;/h2-5,11H,6-10H2,1H3;1H. The summed E-state index contributed by atoms with van der Waals surface area (Å²) in [7, 11) is 0. The monoisotopic (exact) mass is 287 g/mol. The predicted molar refractivity (Wildman–Crippen MR) is 74.4 cm³/mol. The maximum absolute atomic E-state index is 12.8. The summed E-state index contributed by atoms with van der Waals surface area (Å²) >= 11 is 0. The fraction of sp³-hybridized carbons (Fsp3) is 0.500. The highest BCUT2D eigenvalue weighted by Crippen LogP contribution is 2.12. The van der Waals surface area contributed by atoms with Crippen molar-refractivity contribution < 1.29 is 13.9 Å². The maximum atomic E-state index is 12.8. The minimum absolute atomic E-state index is 0. The summed E-state index contributed by atoms with van der Waals surface area (Å²) in [5.41, 5.74) is 0.580. The van der Waals surface area contributed by atoms with Crippen molar-refractivity contribution in [3.63, 3.8) is 0 Å². The Morgan fingerprint density at radius 3 is 2.47 bits per heavy atom. The van der Waals surface area contributed by atoms with Crippen LogP contribution >= 0.6 is 12.4 Å². The third kappa shape index (κ3) is 4.56. The highest BCUT2D eigenvalue weighted by Gasteiger charge is 2.20. The molecule has 1 aliphatic heterocycles. The molecule has 3 nitrogen and oxygen atoms in total. The third-order valence-electron chi connectivity index (χ3n) is 3.32. The summed E-state index contributed by atoms with van der Waals surface area (Å²) in [6.45, 7) is 5.26. The van der Waals surface area contributed by atoms with Crippen molar-refractivity contribution in [2.75, 3.05) is 26.3 Å². The van der Waals surface area contributed by atoms with Crippen molar-refractivity contribution in [1.82, 2.24) is 4.90 Å². The quantitative estimate of drug-likeness (QED) is 0.797. The molecule has 5 heteroatoms. The molecule has 2 rings (SSSR count). The first-order valence-corrected chi connectivity index (χ1v) is 6.27. The van der Waals surface area contributed by atoms with Crippen LogP contribution in [0.3, 0.4) is 0 Å². The van der Waals surface area contributed by atoms with Crippen LogP contribution in [0, 0.1) is 5.82 Å². The molecule has 1 aromatic rings. The number of benzene rings is 1. The van der Waals surface area contributed by atoms with E-state index in [1.807, 2.05) is 6.92 Å². The topological polar surface area (TPSA) is 29.5 Å². The lowest BCUT2D eigenvalue weighted by molar-refractivity contribution is 0.0188.